The Balaban J connectivity index is 1.66. The number of carbonyl (C=O) groups excluding carboxylic acids is 1. The molecule has 1 aliphatic rings. The number of rotatable bonds is 6. The molecule has 0 aromatic heterocycles. The van der Waals surface area contributed by atoms with E-state index in [0.29, 0.717) is 37.5 Å². The summed E-state index contributed by atoms with van der Waals surface area (Å²) < 4.78 is 37.1. The zero-order valence-corrected chi connectivity index (χ0v) is 14.8. The summed E-state index contributed by atoms with van der Waals surface area (Å²) in [5.74, 6) is 0.0553. The first-order chi connectivity index (χ1) is 11.7. The highest BCUT2D eigenvalue weighted by Gasteiger charge is 2.34. The van der Waals surface area contributed by atoms with E-state index in [9.17, 15) is 18.0 Å². The highest BCUT2D eigenvalue weighted by Crippen LogP contribution is 2.22. The molecule has 1 aliphatic heterocycles. The monoisotopic (exact) mass is 377 g/mol. The first-order valence-corrected chi connectivity index (χ1v) is 8.67. The van der Waals surface area contributed by atoms with Crippen molar-refractivity contribution < 1.29 is 18.0 Å². The Kier molecular flexibility index (Phi) is 6.95. The van der Waals surface area contributed by atoms with Gasteiger partial charge in [-0.25, -0.2) is 4.79 Å². The Morgan fingerprint density at radius 3 is 2.68 bits per heavy atom. The molecular formula is C17H23ClF3N3O. The molecule has 140 valence electrons. The molecule has 0 bridgehead atoms. The maximum Gasteiger partial charge on any atom is 0.401 e. The van der Waals surface area contributed by atoms with Crippen molar-refractivity contribution in [2.24, 2.45) is 5.92 Å². The first kappa shape index (κ1) is 19.8. The number of amides is 2. The number of hydrogen-bond acceptors (Lipinski definition) is 2. The summed E-state index contributed by atoms with van der Waals surface area (Å²) >= 11 is 5.84. The second-order valence-corrected chi connectivity index (χ2v) is 7.03. The quantitative estimate of drug-likeness (QED) is 0.797. The number of nitrogens with one attached hydrogen (secondary N) is 2. The lowest BCUT2D eigenvalue weighted by Gasteiger charge is -2.19. The molecule has 1 heterocycles. The Hall–Kier alpha value is -1.47. The summed E-state index contributed by atoms with van der Waals surface area (Å²) in [6.45, 7) is 2.18. The average molecular weight is 378 g/mol. The van der Waals surface area contributed by atoms with Gasteiger partial charge in [-0.3, -0.25) is 4.90 Å². The molecule has 0 radical (unpaired) electrons. The third kappa shape index (κ3) is 7.52. The van der Waals surface area contributed by atoms with E-state index in [0.717, 1.165) is 5.56 Å². The van der Waals surface area contributed by atoms with Crippen LogP contribution in [0.25, 0.3) is 0 Å². The van der Waals surface area contributed by atoms with E-state index >= 15 is 0 Å². The van der Waals surface area contributed by atoms with Crippen LogP contribution in [0.15, 0.2) is 24.3 Å². The van der Waals surface area contributed by atoms with Crippen LogP contribution in [0.4, 0.5) is 18.0 Å². The van der Waals surface area contributed by atoms with Crippen LogP contribution in [0, 0.1) is 5.92 Å². The van der Waals surface area contributed by atoms with Gasteiger partial charge in [0.05, 0.1) is 6.54 Å². The summed E-state index contributed by atoms with van der Waals surface area (Å²) in [6.07, 6.45) is -2.83. The van der Waals surface area contributed by atoms with Gasteiger partial charge in [-0.05, 0) is 49.9 Å². The van der Waals surface area contributed by atoms with Crippen LogP contribution in [0.3, 0.4) is 0 Å². The SMILES string of the molecule is C[C@@H](Cc1ccc(Cl)cc1)NC(=O)NC[C@H]1CCN(CC(F)(F)F)C1. The van der Waals surface area contributed by atoms with Crippen molar-refractivity contribution in [3.63, 3.8) is 0 Å². The number of likely N-dealkylation sites (tertiary alicyclic amines) is 1. The zero-order valence-electron chi connectivity index (χ0n) is 14.1. The van der Waals surface area contributed by atoms with Crippen LogP contribution >= 0.6 is 11.6 Å². The number of nitrogens with zero attached hydrogens (tertiary/aromatic N) is 1. The maximum absolute atomic E-state index is 12.4. The Bertz CT molecular complexity index is 565. The maximum atomic E-state index is 12.4. The number of benzene rings is 1. The van der Waals surface area contributed by atoms with Gasteiger partial charge < -0.3 is 10.6 Å². The van der Waals surface area contributed by atoms with E-state index in [2.05, 4.69) is 10.6 Å². The second-order valence-electron chi connectivity index (χ2n) is 6.59. The molecule has 2 amide bonds. The predicted molar refractivity (Wildman–Crippen MR) is 91.8 cm³/mol. The summed E-state index contributed by atoms with van der Waals surface area (Å²) in [7, 11) is 0. The van der Waals surface area contributed by atoms with Crippen molar-refractivity contribution in [1.29, 1.82) is 0 Å². The van der Waals surface area contributed by atoms with Crippen LogP contribution in [0.5, 0.6) is 0 Å². The van der Waals surface area contributed by atoms with E-state index in [1.165, 1.54) is 4.90 Å². The molecule has 4 nitrogen and oxygen atoms in total. The molecule has 2 N–H and O–H groups in total. The van der Waals surface area contributed by atoms with Gasteiger partial charge in [0, 0.05) is 24.2 Å². The zero-order chi connectivity index (χ0) is 18.4. The fourth-order valence-electron chi connectivity index (χ4n) is 3.01. The molecule has 2 atom stereocenters. The minimum absolute atomic E-state index is 0.0553. The second kappa shape index (κ2) is 8.76. The normalized spacial score (nSPS) is 19.6. The lowest BCUT2D eigenvalue weighted by molar-refractivity contribution is -0.143. The van der Waals surface area contributed by atoms with Gasteiger partial charge in [0.25, 0.3) is 0 Å². The highest BCUT2D eigenvalue weighted by atomic mass is 35.5. The van der Waals surface area contributed by atoms with Crippen molar-refractivity contribution in [3.05, 3.63) is 34.9 Å². The molecule has 1 saturated heterocycles. The van der Waals surface area contributed by atoms with Crippen LogP contribution in [0.1, 0.15) is 18.9 Å². The van der Waals surface area contributed by atoms with E-state index in [4.69, 9.17) is 11.6 Å². The summed E-state index contributed by atoms with van der Waals surface area (Å²) in [5, 5.41) is 6.26. The topological polar surface area (TPSA) is 44.4 Å². The standard InChI is InChI=1S/C17H23ClF3N3O/c1-12(8-13-2-4-15(18)5-3-13)23-16(25)22-9-14-6-7-24(10-14)11-17(19,20)21/h2-5,12,14H,6-11H2,1H3,(H2,22,23,25)/t12-,14+/m0/s1. The van der Waals surface area contributed by atoms with Crippen LogP contribution in [0.2, 0.25) is 5.02 Å². The van der Waals surface area contributed by atoms with Gasteiger partial charge in [0.2, 0.25) is 0 Å². The minimum atomic E-state index is -4.17. The van der Waals surface area contributed by atoms with Crippen LogP contribution in [-0.4, -0.2) is 49.3 Å². The number of halogens is 4. The third-order valence-corrected chi connectivity index (χ3v) is 4.41. The lowest BCUT2D eigenvalue weighted by atomic mass is 10.1. The molecule has 1 aromatic rings. The molecule has 1 aromatic carbocycles. The van der Waals surface area contributed by atoms with E-state index in [1.54, 1.807) is 12.1 Å². The van der Waals surface area contributed by atoms with Crippen molar-refractivity contribution in [1.82, 2.24) is 15.5 Å². The Labute approximate surface area is 150 Å². The molecular weight excluding hydrogens is 355 g/mol. The van der Waals surface area contributed by atoms with Gasteiger partial charge in [-0.2, -0.15) is 13.2 Å². The van der Waals surface area contributed by atoms with Crippen molar-refractivity contribution in [3.8, 4) is 0 Å². The fraction of sp³-hybridized carbons (Fsp3) is 0.588. The molecule has 0 unspecified atom stereocenters. The van der Waals surface area contributed by atoms with Gasteiger partial charge >= 0.3 is 12.2 Å². The molecule has 25 heavy (non-hydrogen) atoms. The van der Waals surface area contributed by atoms with Gasteiger partial charge in [-0.1, -0.05) is 23.7 Å². The van der Waals surface area contributed by atoms with Crippen LogP contribution in [-0.2, 0) is 6.42 Å². The van der Waals surface area contributed by atoms with Gasteiger partial charge in [0.1, 0.15) is 0 Å². The van der Waals surface area contributed by atoms with Gasteiger partial charge in [0.15, 0.2) is 0 Å². The van der Waals surface area contributed by atoms with Crippen molar-refractivity contribution >= 4 is 17.6 Å². The molecule has 0 aliphatic carbocycles. The van der Waals surface area contributed by atoms with Crippen LogP contribution < -0.4 is 10.6 Å². The smallest absolute Gasteiger partial charge is 0.338 e. The number of hydrogen-bond donors (Lipinski definition) is 2. The molecule has 8 heteroatoms. The first-order valence-electron chi connectivity index (χ1n) is 8.29. The predicted octanol–water partition coefficient (Wildman–Crippen LogP) is 3.45. The highest BCUT2D eigenvalue weighted by molar-refractivity contribution is 6.30. The average Bonchev–Trinajstić information content (AvgIpc) is 2.93. The fourth-order valence-corrected chi connectivity index (χ4v) is 3.14. The lowest BCUT2D eigenvalue weighted by Crippen LogP contribution is -2.43. The van der Waals surface area contributed by atoms with Crippen molar-refractivity contribution in [2.75, 3.05) is 26.2 Å². The van der Waals surface area contributed by atoms with Gasteiger partial charge in [-0.15, -0.1) is 0 Å². The summed E-state index contributed by atoms with van der Waals surface area (Å²) in [4.78, 5) is 13.3. The molecule has 0 spiro atoms. The number of alkyl halides is 3. The molecule has 0 saturated carbocycles. The summed E-state index contributed by atoms with van der Waals surface area (Å²) in [6, 6.07) is 7.06. The molecule has 1 fully saturated rings. The van der Waals surface area contributed by atoms with E-state index in [1.807, 2.05) is 19.1 Å². The van der Waals surface area contributed by atoms with E-state index < -0.39 is 12.7 Å². The molecule has 2 rings (SSSR count). The minimum Gasteiger partial charge on any atom is -0.338 e. The van der Waals surface area contributed by atoms with E-state index in [-0.39, 0.29) is 18.0 Å². The Morgan fingerprint density at radius 2 is 2.04 bits per heavy atom. The largest absolute Gasteiger partial charge is 0.401 e. The van der Waals surface area contributed by atoms with Crippen molar-refractivity contribution in [2.45, 2.75) is 32.0 Å². The number of carbonyl (C=O) groups is 1. The summed E-state index contributed by atoms with van der Waals surface area (Å²) in [5.41, 5.74) is 1.07. The third-order valence-electron chi connectivity index (χ3n) is 4.16. The number of urea groups is 1. The Morgan fingerprint density at radius 1 is 1.36 bits per heavy atom.